The summed E-state index contributed by atoms with van der Waals surface area (Å²) in [5.74, 6) is 0.566. The van der Waals surface area contributed by atoms with Crippen LogP contribution >= 0.6 is 15.9 Å². The smallest absolute Gasteiger partial charge is 0.0562 e. The summed E-state index contributed by atoms with van der Waals surface area (Å²) in [4.78, 5) is 0. The minimum absolute atomic E-state index is 0.566. The van der Waals surface area contributed by atoms with Gasteiger partial charge in [-0.25, -0.2) is 0 Å². The van der Waals surface area contributed by atoms with Crippen LogP contribution in [-0.4, -0.2) is 6.21 Å². The van der Waals surface area contributed by atoms with Gasteiger partial charge in [-0.05, 0) is 53.8 Å². The number of rotatable bonds is 5. The van der Waals surface area contributed by atoms with Crippen LogP contribution in [0.25, 0.3) is 6.08 Å². The van der Waals surface area contributed by atoms with E-state index in [0.717, 1.165) is 15.7 Å². The van der Waals surface area contributed by atoms with E-state index in [1.807, 2.05) is 37.4 Å². The molecule has 0 amide bonds. The van der Waals surface area contributed by atoms with Gasteiger partial charge < -0.3 is 0 Å². The van der Waals surface area contributed by atoms with Gasteiger partial charge in [0.2, 0.25) is 0 Å². The summed E-state index contributed by atoms with van der Waals surface area (Å²) < 4.78 is 1.06. The van der Waals surface area contributed by atoms with Crippen molar-refractivity contribution < 1.29 is 0 Å². The molecule has 0 bridgehead atoms. The van der Waals surface area contributed by atoms with Crippen LogP contribution in [0.3, 0.4) is 0 Å². The molecule has 0 unspecified atom stereocenters. The summed E-state index contributed by atoms with van der Waals surface area (Å²) in [7, 11) is 0. The summed E-state index contributed by atoms with van der Waals surface area (Å²) in [5, 5.41) is 4.25. The summed E-state index contributed by atoms with van der Waals surface area (Å²) in [6.45, 7) is 6.45. The second-order valence-electron chi connectivity index (χ2n) is 5.59. The van der Waals surface area contributed by atoms with Gasteiger partial charge in [0.25, 0.3) is 0 Å². The highest BCUT2D eigenvalue weighted by atomic mass is 79.9. The molecule has 2 aromatic rings. The Bertz CT molecular complexity index is 653. The van der Waals surface area contributed by atoms with Gasteiger partial charge in [-0.2, -0.15) is 5.10 Å². The molecule has 2 aromatic carbocycles. The lowest BCUT2D eigenvalue weighted by Gasteiger charge is -2.05. The Morgan fingerprint density at radius 3 is 2.27 bits per heavy atom. The van der Waals surface area contributed by atoms with Crippen LogP contribution in [0.15, 0.2) is 63.7 Å². The summed E-state index contributed by atoms with van der Waals surface area (Å²) in [6, 6.07) is 16.6. The lowest BCUT2D eigenvalue weighted by atomic mass is 10.0. The Labute approximate surface area is 141 Å². The van der Waals surface area contributed by atoms with Crippen molar-refractivity contribution in [2.24, 2.45) is 5.10 Å². The third-order valence-corrected chi connectivity index (χ3v) is 3.83. The molecule has 1 N–H and O–H groups in total. The van der Waals surface area contributed by atoms with Crippen molar-refractivity contribution in [2.45, 2.75) is 26.7 Å². The Morgan fingerprint density at radius 2 is 1.68 bits per heavy atom. The van der Waals surface area contributed by atoms with Crippen molar-refractivity contribution in [3.05, 3.63) is 69.7 Å². The number of nitrogens with zero attached hydrogens (tertiary/aromatic N) is 1. The maximum Gasteiger partial charge on any atom is 0.0562 e. The molecule has 0 fully saturated rings. The fraction of sp³-hybridized carbons (Fsp3) is 0.211. The molecule has 0 aromatic heterocycles. The van der Waals surface area contributed by atoms with E-state index in [-0.39, 0.29) is 0 Å². The molecule has 0 saturated carbocycles. The largest absolute Gasteiger partial charge is 0.279 e. The highest BCUT2D eigenvalue weighted by molar-refractivity contribution is 9.10. The molecule has 3 heteroatoms. The number of hydrogen-bond acceptors (Lipinski definition) is 2. The van der Waals surface area contributed by atoms with Crippen LogP contribution in [0.5, 0.6) is 0 Å². The zero-order chi connectivity index (χ0) is 15.9. The average Bonchev–Trinajstić information content (AvgIpc) is 2.50. The molecule has 0 heterocycles. The molecule has 114 valence electrons. The van der Waals surface area contributed by atoms with Crippen LogP contribution in [0.4, 0.5) is 5.69 Å². The van der Waals surface area contributed by atoms with E-state index in [1.54, 1.807) is 0 Å². The van der Waals surface area contributed by atoms with Crippen LogP contribution in [0.1, 0.15) is 37.8 Å². The monoisotopic (exact) mass is 356 g/mol. The Hall–Kier alpha value is -1.87. The first-order chi connectivity index (χ1) is 10.5. The predicted octanol–water partition coefficient (Wildman–Crippen LogP) is 6.07. The highest BCUT2D eigenvalue weighted by Gasteiger charge is 1.97. The number of benzene rings is 2. The van der Waals surface area contributed by atoms with Gasteiger partial charge in [0, 0.05) is 4.47 Å². The van der Waals surface area contributed by atoms with Crippen molar-refractivity contribution in [1.29, 1.82) is 0 Å². The Kier molecular flexibility index (Phi) is 5.96. The van der Waals surface area contributed by atoms with Crippen molar-refractivity contribution in [2.75, 3.05) is 5.43 Å². The van der Waals surface area contributed by atoms with Gasteiger partial charge in [0.1, 0.15) is 0 Å². The Balaban J connectivity index is 1.96. The van der Waals surface area contributed by atoms with E-state index in [2.05, 4.69) is 70.6 Å². The van der Waals surface area contributed by atoms with Crippen LogP contribution < -0.4 is 5.43 Å². The predicted molar refractivity (Wildman–Crippen MR) is 100 cm³/mol. The summed E-state index contributed by atoms with van der Waals surface area (Å²) in [6.07, 6.45) is 3.95. The van der Waals surface area contributed by atoms with Gasteiger partial charge in [-0.15, -0.1) is 0 Å². The highest BCUT2D eigenvalue weighted by Crippen LogP contribution is 2.16. The fourth-order valence-electron chi connectivity index (χ4n) is 2.01. The molecule has 0 aliphatic heterocycles. The molecule has 2 nitrogen and oxygen atoms in total. The number of hydrazone groups is 1. The number of anilines is 1. The van der Waals surface area contributed by atoms with Gasteiger partial charge in [0.05, 0.1) is 11.9 Å². The first kappa shape index (κ1) is 16.5. The summed E-state index contributed by atoms with van der Waals surface area (Å²) in [5.41, 5.74) is 7.64. The van der Waals surface area contributed by atoms with Crippen molar-refractivity contribution in [1.82, 2.24) is 0 Å². The molecular weight excluding hydrogens is 336 g/mol. The van der Waals surface area contributed by atoms with Gasteiger partial charge in [-0.1, -0.05) is 60.1 Å². The number of hydrogen-bond donors (Lipinski definition) is 1. The molecule has 0 aliphatic rings. The molecule has 2 rings (SSSR count). The number of halogens is 1. The minimum Gasteiger partial charge on any atom is -0.279 e. The van der Waals surface area contributed by atoms with Crippen molar-refractivity contribution in [3.63, 3.8) is 0 Å². The Morgan fingerprint density at radius 1 is 1.05 bits per heavy atom. The van der Waals surface area contributed by atoms with E-state index in [0.29, 0.717) is 5.92 Å². The maximum atomic E-state index is 4.25. The van der Waals surface area contributed by atoms with E-state index in [1.165, 1.54) is 11.1 Å². The fourth-order valence-corrected chi connectivity index (χ4v) is 2.27. The second-order valence-corrected chi connectivity index (χ2v) is 6.50. The van der Waals surface area contributed by atoms with Crippen LogP contribution in [0.2, 0.25) is 0 Å². The van der Waals surface area contributed by atoms with Crippen molar-refractivity contribution in [3.8, 4) is 0 Å². The van der Waals surface area contributed by atoms with E-state index in [4.69, 9.17) is 0 Å². The van der Waals surface area contributed by atoms with E-state index >= 15 is 0 Å². The minimum atomic E-state index is 0.566. The lowest BCUT2D eigenvalue weighted by molar-refractivity contribution is 0.866. The number of nitrogens with one attached hydrogen (secondary N) is 1. The van der Waals surface area contributed by atoms with Gasteiger partial charge in [-0.3, -0.25) is 5.43 Å². The second kappa shape index (κ2) is 7.95. The van der Waals surface area contributed by atoms with E-state index < -0.39 is 0 Å². The van der Waals surface area contributed by atoms with Crippen LogP contribution in [0, 0.1) is 0 Å². The maximum absolute atomic E-state index is 4.25. The first-order valence-corrected chi connectivity index (χ1v) is 8.17. The standard InChI is InChI=1S/C19H21BrN2/c1-14(2)17-6-4-16(5-7-17)12-15(3)13-21-22-19-10-8-18(20)9-11-19/h4-14,22H,1-3H3/b15-12+,21-13-. The van der Waals surface area contributed by atoms with Gasteiger partial charge in [0.15, 0.2) is 0 Å². The van der Waals surface area contributed by atoms with Gasteiger partial charge >= 0.3 is 0 Å². The van der Waals surface area contributed by atoms with Crippen LogP contribution in [-0.2, 0) is 0 Å². The SMILES string of the molecule is CC(/C=N\Nc1ccc(Br)cc1)=C\c1ccc(C(C)C)cc1. The average molecular weight is 357 g/mol. The molecular formula is C19H21BrN2. The zero-order valence-corrected chi connectivity index (χ0v) is 14.8. The molecule has 0 aliphatic carbocycles. The molecule has 0 radical (unpaired) electrons. The first-order valence-electron chi connectivity index (χ1n) is 7.37. The van der Waals surface area contributed by atoms with E-state index in [9.17, 15) is 0 Å². The summed E-state index contributed by atoms with van der Waals surface area (Å²) >= 11 is 3.41. The third kappa shape index (κ3) is 5.15. The number of allylic oxidation sites excluding steroid dienone is 1. The third-order valence-electron chi connectivity index (χ3n) is 3.30. The lowest BCUT2D eigenvalue weighted by Crippen LogP contribution is -1.90. The molecule has 0 atom stereocenters. The van der Waals surface area contributed by atoms with Crippen molar-refractivity contribution >= 4 is 33.9 Å². The zero-order valence-electron chi connectivity index (χ0n) is 13.2. The normalized spacial score (nSPS) is 12.1. The quantitative estimate of drug-likeness (QED) is 0.509. The topological polar surface area (TPSA) is 24.4 Å². The molecule has 22 heavy (non-hydrogen) atoms. The molecule has 0 spiro atoms. The molecule has 0 saturated heterocycles.